The van der Waals surface area contributed by atoms with Gasteiger partial charge in [-0.25, -0.2) is 0 Å². The molecule has 14 nitrogen and oxygen atoms in total. The Kier molecular flexibility index (Phi) is 38.4. The standard InChI is InChI=1S/C55H96O14/c1-3-5-7-9-11-13-15-17-19-21-22-23-24-26-28-30-32-34-36-38-47(57)67-44(41-64-39-37-35-33-31-29-27-25-20-18-16-14-12-10-8-6-4-2)42-65-54-53(63)51(61)49(59)46(69-54)43-66-55-52(62)50(60)48(58)45(40-56)68-55/h5,7,11,13,17-20,22-23,44-46,48-56,58-63H,3-4,6,8-10,12,14-16,21,24-43H2,1-2H3/b7-5-,13-11-,19-17-,20-18-,23-22-. The van der Waals surface area contributed by atoms with E-state index in [0.29, 0.717) is 13.0 Å². The molecule has 0 aromatic heterocycles. The van der Waals surface area contributed by atoms with E-state index in [-0.39, 0.29) is 19.6 Å². The molecule has 2 aliphatic rings. The molecule has 69 heavy (non-hydrogen) atoms. The number of aliphatic hydroxyl groups excluding tert-OH is 7. The van der Waals surface area contributed by atoms with E-state index in [1.165, 1.54) is 64.2 Å². The van der Waals surface area contributed by atoms with Crippen molar-refractivity contribution in [3.05, 3.63) is 60.8 Å². The highest BCUT2D eigenvalue weighted by molar-refractivity contribution is 5.69. The van der Waals surface area contributed by atoms with Crippen LogP contribution < -0.4 is 0 Å². The lowest BCUT2D eigenvalue weighted by atomic mass is 9.98. The highest BCUT2D eigenvalue weighted by atomic mass is 16.7. The Balaban J connectivity index is 1.76. The van der Waals surface area contributed by atoms with Crippen molar-refractivity contribution in [3.63, 3.8) is 0 Å². The Morgan fingerprint density at radius 3 is 1.49 bits per heavy atom. The molecule has 2 aliphatic heterocycles. The summed E-state index contributed by atoms with van der Waals surface area (Å²) in [5.41, 5.74) is 0. The maximum absolute atomic E-state index is 13.0. The van der Waals surface area contributed by atoms with Gasteiger partial charge in [-0.3, -0.25) is 4.79 Å². The topological polar surface area (TPSA) is 214 Å². The first-order valence-corrected chi connectivity index (χ1v) is 26.9. The largest absolute Gasteiger partial charge is 0.457 e. The number of esters is 1. The molecule has 7 N–H and O–H groups in total. The van der Waals surface area contributed by atoms with E-state index in [1.54, 1.807) is 0 Å². The average molecular weight is 981 g/mol. The first-order chi connectivity index (χ1) is 33.6. The molecule has 2 saturated heterocycles. The fourth-order valence-electron chi connectivity index (χ4n) is 8.15. The molecule has 11 atom stereocenters. The summed E-state index contributed by atoms with van der Waals surface area (Å²) in [4.78, 5) is 13.0. The first kappa shape index (κ1) is 62.8. The molecule has 14 heteroatoms. The molecule has 0 aliphatic carbocycles. The minimum Gasteiger partial charge on any atom is -0.457 e. The van der Waals surface area contributed by atoms with Gasteiger partial charge in [-0.15, -0.1) is 0 Å². The zero-order valence-corrected chi connectivity index (χ0v) is 42.5. The Labute approximate surface area is 415 Å². The van der Waals surface area contributed by atoms with Gasteiger partial charge in [0.15, 0.2) is 12.6 Å². The van der Waals surface area contributed by atoms with E-state index in [2.05, 4.69) is 74.6 Å². The Hall–Kier alpha value is -2.31. The summed E-state index contributed by atoms with van der Waals surface area (Å²) < 4.78 is 34.3. The highest BCUT2D eigenvalue weighted by Crippen LogP contribution is 2.26. The van der Waals surface area contributed by atoms with Crippen LogP contribution in [-0.2, 0) is 33.2 Å². The maximum atomic E-state index is 13.0. The van der Waals surface area contributed by atoms with Gasteiger partial charge in [-0.2, -0.15) is 0 Å². The summed E-state index contributed by atoms with van der Waals surface area (Å²) in [5.74, 6) is -0.393. The minimum atomic E-state index is -1.71. The van der Waals surface area contributed by atoms with Gasteiger partial charge in [0.1, 0.15) is 54.9 Å². The lowest BCUT2D eigenvalue weighted by Gasteiger charge is -2.42. The van der Waals surface area contributed by atoms with Crippen molar-refractivity contribution in [2.45, 2.75) is 248 Å². The molecule has 0 aromatic carbocycles. The predicted molar refractivity (Wildman–Crippen MR) is 270 cm³/mol. The molecule has 0 spiro atoms. The average Bonchev–Trinajstić information content (AvgIpc) is 3.35. The summed E-state index contributed by atoms with van der Waals surface area (Å²) in [6.07, 6.45) is 34.2. The maximum Gasteiger partial charge on any atom is 0.306 e. The summed E-state index contributed by atoms with van der Waals surface area (Å²) in [7, 11) is 0. The van der Waals surface area contributed by atoms with Crippen molar-refractivity contribution < 1.29 is 69.0 Å². The van der Waals surface area contributed by atoms with Crippen LogP contribution in [0.15, 0.2) is 60.8 Å². The zero-order chi connectivity index (χ0) is 50.2. The molecular formula is C55H96O14. The van der Waals surface area contributed by atoms with E-state index in [9.17, 15) is 40.5 Å². The molecule has 0 bridgehead atoms. The van der Waals surface area contributed by atoms with Crippen LogP contribution in [0.2, 0.25) is 0 Å². The molecule has 2 rings (SSSR count). The van der Waals surface area contributed by atoms with Gasteiger partial charge in [0.05, 0.1) is 26.4 Å². The number of ether oxygens (including phenoxy) is 6. The monoisotopic (exact) mass is 981 g/mol. The molecule has 2 heterocycles. The van der Waals surface area contributed by atoms with Gasteiger partial charge in [0, 0.05) is 13.0 Å². The van der Waals surface area contributed by atoms with Gasteiger partial charge < -0.3 is 64.2 Å². The van der Waals surface area contributed by atoms with E-state index in [0.717, 1.165) is 89.9 Å². The number of carbonyl (C=O) groups excluding carboxylic acids is 1. The predicted octanol–water partition coefficient (Wildman–Crippen LogP) is 8.52. The van der Waals surface area contributed by atoms with Crippen molar-refractivity contribution in [2.75, 3.05) is 33.0 Å². The van der Waals surface area contributed by atoms with Crippen LogP contribution in [0, 0.1) is 0 Å². The molecule has 0 amide bonds. The Bertz CT molecular complexity index is 1370. The van der Waals surface area contributed by atoms with E-state index >= 15 is 0 Å². The van der Waals surface area contributed by atoms with Gasteiger partial charge in [-0.1, -0.05) is 158 Å². The van der Waals surface area contributed by atoms with Gasteiger partial charge >= 0.3 is 5.97 Å². The summed E-state index contributed by atoms with van der Waals surface area (Å²) in [5, 5.41) is 72.2. The fourth-order valence-corrected chi connectivity index (χ4v) is 8.15. The van der Waals surface area contributed by atoms with Crippen LogP contribution >= 0.6 is 0 Å². The van der Waals surface area contributed by atoms with Crippen molar-refractivity contribution in [1.82, 2.24) is 0 Å². The molecule has 2 fully saturated rings. The molecular weight excluding hydrogens is 885 g/mol. The fraction of sp³-hybridized carbons (Fsp3) is 0.800. The van der Waals surface area contributed by atoms with Crippen molar-refractivity contribution in [2.24, 2.45) is 0 Å². The lowest BCUT2D eigenvalue weighted by Crippen LogP contribution is -2.61. The second-order valence-corrected chi connectivity index (χ2v) is 18.7. The van der Waals surface area contributed by atoms with Crippen LogP contribution in [0.1, 0.15) is 181 Å². The van der Waals surface area contributed by atoms with Crippen LogP contribution in [-0.4, -0.2) is 142 Å². The van der Waals surface area contributed by atoms with E-state index in [4.69, 9.17) is 28.4 Å². The van der Waals surface area contributed by atoms with Crippen molar-refractivity contribution >= 4 is 5.97 Å². The highest BCUT2D eigenvalue weighted by Gasteiger charge is 2.47. The van der Waals surface area contributed by atoms with Crippen molar-refractivity contribution in [3.8, 4) is 0 Å². The Morgan fingerprint density at radius 2 is 0.942 bits per heavy atom. The molecule has 0 saturated carbocycles. The molecule has 0 aromatic rings. The number of rotatable bonds is 42. The quantitative estimate of drug-likeness (QED) is 0.0174. The second kappa shape index (κ2) is 42.2. The number of carbonyl (C=O) groups is 1. The van der Waals surface area contributed by atoms with E-state index in [1.807, 2.05) is 0 Å². The summed E-state index contributed by atoms with van der Waals surface area (Å²) >= 11 is 0. The number of allylic oxidation sites excluding steroid dienone is 10. The van der Waals surface area contributed by atoms with Crippen LogP contribution in [0.4, 0.5) is 0 Å². The van der Waals surface area contributed by atoms with Gasteiger partial charge in [0.25, 0.3) is 0 Å². The number of hydrogen-bond acceptors (Lipinski definition) is 14. The molecule has 0 radical (unpaired) electrons. The second-order valence-electron chi connectivity index (χ2n) is 18.7. The van der Waals surface area contributed by atoms with Gasteiger partial charge in [0.2, 0.25) is 0 Å². The van der Waals surface area contributed by atoms with Gasteiger partial charge in [-0.05, 0) is 77.0 Å². The third-order valence-electron chi connectivity index (χ3n) is 12.5. The number of aliphatic hydroxyl groups is 7. The smallest absolute Gasteiger partial charge is 0.306 e. The minimum absolute atomic E-state index is 0.0493. The van der Waals surface area contributed by atoms with Crippen LogP contribution in [0.25, 0.3) is 0 Å². The number of unbranched alkanes of at least 4 members (excludes halogenated alkanes) is 18. The number of hydrogen-bond donors (Lipinski definition) is 7. The molecule has 11 unspecified atom stereocenters. The normalized spacial score (nSPS) is 26.2. The third-order valence-corrected chi connectivity index (χ3v) is 12.5. The van der Waals surface area contributed by atoms with Crippen molar-refractivity contribution in [1.29, 1.82) is 0 Å². The third kappa shape index (κ3) is 29.7. The lowest BCUT2D eigenvalue weighted by molar-refractivity contribution is -0.332. The Morgan fingerprint density at radius 1 is 0.493 bits per heavy atom. The zero-order valence-electron chi connectivity index (χ0n) is 42.5. The van der Waals surface area contributed by atoms with Crippen LogP contribution in [0.3, 0.4) is 0 Å². The summed E-state index contributed by atoms with van der Waals surface area (Å²) in [6, 6.07) is 0. The van der Waals surface area contributed by atoms with Crippen LogP contribution in [0.5, 0.6) is 0 Å². The SMILES string of the molecule is CC/C=C\C/C=C\C/C=C\C/C=C\CCCCCCCCC(=O)OC(COCCCCCCCC/C=C\CCCCCCCC)COC1OC(COC2OC(CO)C(O)C(O)C2O)C(O)C(O)C1O. The summed E-state index contributed by atoms with van der Waals surface area (Å²) in [6.45, 7) is 3.53. The molecule has 400 valence electrons. The first-order valence-electron chi connectivity index (χ1n) is 26.9. The van der Waals surface area contributed by atoms with E-state index < -0.39 is 86.7 Å².